The van der Waals surface area contributed by atoms with Crippen LogP contribution in [0.15, 0.2) is 36.4 Å². The average Bonchev–Trinajstić information content (AvgIpc) is 2.77. The molecule has 2 aromatic rings. The summed E-state index contributed by atoms with van der Waals surface area (Å²) in [7, 11) is 4.38. The fraction of sp³-hybridized carbons (Fsp3) is 0.364. The van der Waals surface area contributed by atoms with Crippen molar-refractivity contribution in [3.63, 3.8) is 0 Å². The van der Waals surface area contributed by atoms with Gasteiger partial charge in [-0.15, -0.1) is 0 Å². The number of hydrogen-bond acceptors (Lipinski definition) is 5. The fourth-order valence-electron chi connectivity index (χ4n) is 3.67. The molecule has 0 fully saturated rings. The van der Waals surface area contributed by atoms with Crippen LogP contribution in [0.2, 0.25) is 0 Å². The number of methoxy groups -OCH3 is 3. The summed E-state index contributed by atoms with van der Waals surface area (Å²) in [6.45, 7) is 1.96. The third kappa shape index (κ3) is 4.17. The molecule has 7 nitrogen and oxygen atoms in total. The topological polar surface area (TPSA) is 77.1 Å². The fourth-order valence-corrected chi connectivity index (χ4v) is 3.67. The van der Waals surface area contributed by atoms with Gasteiger partial charge in [0.15, 0.2) is 11.5 Å². The third-order valence-corrected chi connectivity index (χ3v) is 5.22. The summed E-state index contributed by atoms with van der Waals surface area (Å²) in [6, 6.07) is 8.05. The summed E-state index contributed by atoms with van der Waals surface area (Å²) in [5.41, 5.74) is 2.60. The standard InChI is InChI=1S/C22H25FN2O5/c1-13(21(26)30-4)24-22(27)25-10-9-15-11-18(28-2)19(29-3)12-17(15)20(25)14-5-7-16(23)8-6-14/h5-8,11-13,20H,9-10H2,1-4H3,(H,24,27)/t13-,20?/m0/s1. The minimum absolute atomic E-state index is 0.364. The Labute approximate surface area is 174 Å². The highest BCUT2D eigenvalue weighted by molar-refractivity contribution is 5.84. The number of amides is 2. The van der Waals surface area contributed by atoms with Crippen molar-refractivity contribution in [1.29, 1.82) is 0 Å². The zero-order valence-corrected chi connectivity index (χ0v) is 17.4. The molecule has 0 bridgehead atoms. The van der Waals surface area contributed by atoms with E-state index in [-0.39, 0.29) is 5.82 Å². The number of esters is 1. The van der Waals surface area contributed by atoms with Gasteiger partial charge in [-0.25, -0.2) is 14.0 Å². The zero-order chi connectivity index (χ0) is 21.8. The maximum Gasteiger partial charge on any atom is 0.328 e. The van der Waals surface area contributed by atoms with Crippen molar-refractivity contribution < 1.29 is 28.2 Å². The second kappa shape index (κ2) is 9.02. The van der Waals surface area contributed by atoms with Crippen molar-refractivity contribution in [2.24, 2.45) is 0 Å². The highest BCUT2D eigenvalue weighted by atomic mass is 19.1. The Balaban J connectivity index is 2.04. The summed E-state index contributed by atoms with van der Waals surface area (Å²) in [4.78, 5) is 26.4. The van der Waals surface area contributed by atoms with E-state index in [0.29, 0.717) is 24.5 Å². The average molecular weight is 416 g/mol. The second-order valence-electron chi connectivity index (χ2n) is 7.00. The number of benzene rings is 2. The predicted octanol–water partition coefficient (Wildman–Crippen LogP) is 3.06. The van der Waals surface area contributed by atoms with Gasteiger partial charge in [-0.2, -0.15) is 0 Å². The molecule has 160 valence electrons. The van der Waals surface area contributed by atoms with Crippen LogP contribution < -0.4 is 14.8 Å². The number of rotatable bonds is 5. The first kappa shape index (κ1) is 21.4. The van der Waals surface area contributed by atoms with E-state index in [1.165, 1.54) is 19.2 Å². The Morgan fingerprint density at radius 1 is 1.10 bits per heavy atom. The van der Waals surface area contributed by atoms with Crippen LogP contribution in [0, 0.1) is 5.82 Å². The minimum atomic E-state index is -0.803. The van der Waals surface area contributed by atoms with Gasteiger partial charge in [0.2, 0.25) is 0 Å². The molecule has 0 aliphatic carbocycles. The van der Waals surface area contributed by atoms with Crippen LogP contribution in [-0.4, -0.2) is 50.8 Å². The van der Waals surface area contributed by atoms with E-state index in [9.17, 15) is 14.0 Å². The molecule has 1 unspecified atom stereocenters. The molecular formula is C22H25FN2O5. The van der Waals surface area contributed by atoms with E-state index in [1.54, 1.807) is 38.2 Å². The maximum atomic E-state index is 13.5. The van der Waals surface area contributed by atoms with Crippen LogP contribution in [-0.2, 0) is 16.0 Å². The van der Waals surface area contributed by atoms with Crippen molar-refractivity contribution in [2.45, 2.75) is 25.4 Å². The summed E-state index contributed by atoms with van der Waals surface area (Å²) in [5, 5.41) is 2.68. The molecule has 0 aromatic heterocycles. The lowest BCUT2D eigenvalue weighted by Gasteiger charge is -2.38. The van der Waals surface area contributed by atoms with Gasteiger partial charge in [0, 0.05) is 6.54 Å². The molecule has 2 amide bonds. The molecule has 0 spiro atoms. The molecule has 3 rings (SSSR count). The van der Waals surface area contributed by atoms with Crippen LogP contribution in [0.25, 0.3) is 0 Å². The highest BCUT2D eigenvalue weighted by Gasteiger charge is 2.34. The van der Waals surface area contributed by atoms with Crippen LogP contribution in [0.4, 0.5) is 9.18 Å². The Hall–Kier alpha value is -3.29. The maximum absolute atomic E-state index is 13.5. The molecule has 30 heavy (non-hydrogen) atoms. The van der Waals surface area contributed by atoms with E-state index in [0.717, 1.165) is 16.7 Å². The smallest absolute Gasteiger partial charge is 0.328 e. The minimum Gasteiger partial charge on any atom is -0.493 e. The highest BCUT2D eigenvalue weighted by Crippen LogP contribution is 2.41. The zero-order valence-electron chi connectivity index (χ0n) is 17.4. The SMILES string of the molecule is COC(=O)[C@H](C)NC(=O)N1CCc2cc(OC)c(OC)cc2C1c1ccc(F)cc1. The number of ether oxygens (including phenoxy) is 3. The van der Waals surface area contributed by atoms with E-state index >= 15 is 0 Å². The lowest BCUT2D eigenvalue weighted by atomic mass is 9.88. The predicted molar refractivity (Wildman–Crippen MR) is 108 cm³/mol. The lowest BCUT2D eigenvalue weighted by molar-refractivity contribution is -0.142. The number of urea groups is 1. The molecule has 1 aliphatic rings. The number of carbonyl (C=O) groups excluding carboxylic acids is 2. The van der Waals surface area contributed by atoms with Gasteiger partial charge in [0.1, 0.15) is 11.9 Å². The van der Waals surface area contributed by atoms with Crippen molar-refractivity contribution in [1.82, 2.24) is 10.2 Å². The summed E-state index contributed by atoms with van der Waals surface area (Å²) in [6.07, 6.45) is 0.591. The molecule has 1 aliphatic heterocycles. The second-order valence-corrected chi connectivity index (χ2v) is 7.00. The van der Waals surface area contributed by atoms with Crippen molar-refractivity contribution in [3.8, 4) is 11.5 Å². The number of hydrogen-bond donors (Lipinski definition) is 1. The quantitative estimate of drug-likeness (QED) is 0.758. The monoisotopic (exact) mass is 416 g/mol. The third-order valence-electron chi connectivity index (χ3n) is 5.22. The van der Waals surface area contributed by atoms with Crippen LogP contribution in [0.5, 0.6) is 11.5 Å². The Morgan fingerprint density at radius 2 is 1.73 bits per heavy atom. The summed E-state index contributed by atoms with van der Waals surface area (Å²) in [5.74, 6) is 0.239. The Bertz CT molecular complexity index is 932. The normalized spacial score (nSPS) is 16.3. The van der Waals surface area contributed by atoms with Gasteiger partial charge < -0.3 is 24.4 Å². The Morgan fingerprint density at radius 3 is 2.33 bits per heavy atom. The first-order valence-electron chi connectivity index (χ1n) is 9.54. The Kier molecular flexibility index (Phi) is 6.44. The van der Waals surface area contributed by atoms with E-state index in [2.05, 4.69) is 5.32 Å². The van der Waals surface area contributed by atoms with Gasteiger partial charge in [0.25, 0.3) is 0 Å². The van der Waals surface area contributed by atoms with Crippen LogP contribution in [0.3, 0.4) is 0 Å². The molecule has 0 saturated carbocycles. The first-order chi connectivity index (χ1) is 14.4. The van der Waals surface area contributed by atoms with Gasteiger partial charge in [0.05, 0.1) is 27.4 Å². The van der Waals surface area contributed by atoms with Crippen molar-refractivity contribution in [2.75, 3.05) is 27.9 Å². The number of fused-ring (bicyclic) bond motifs is 1. The molecule has 0 radical (unpaired) electrons. The molecular weight excluding hydrogens is 391 g/mol. The largest absolute Gasteiger partial charge is 0.493 e. The van der Waals surface area contributed by atoms with E-state index < -0.39 is 24.1 Å². The van der Waals surface area contributed by atoms with Crippen molar-refractivity contribution in [3.05, 3.63) is 58.9 Å². The molecule has 0 saturated heterocycles. The summed E-state index contributed by atoms with van der Waals surface area (Å²) < 4.78 is 29.1. The molecule has 8 heteroatoms. The van der Waals surface area contributed by atoms with Crippen LogP contribution in [0.1, 0.15) is 29.7 Å². The number of carbonyl (C=O) groups is 2. The summed E-state index contributed by atoms with van der Waals surface area (Å²) >= 11 is 0. The van der Waals surface area contributed by atoms with Gasteiger partial charge in [-0.1, -0.05) is 12.1 Å². The number of halogens is 1. The van der Waals surface area contributed by atoms with Gasteiger partial charge in [-0.05, 0) is 54.3 Å². The lowest BCUT2D eigenvalue weighted by Crippen LogP contribution is -2.50. The molecule has 1 N–H and O–H groups in total. The van der Waals surface area contributed by atoms with E-state index in [1.807, 2.05) is 12.1 Å². The molecule has 2 aromatic carbocycles. The number of nitrogens with zero attached hydrogens (tertiary/aromatic N) is 1. The van der Waals surface area contributed by atoms with Crippen LogP contribution >= 0.6 is 0 Å². The van der Waals surface area contributed by atoms with Gasteiger partial charge >= 0.3 is 12.0 Å². The van der Waals surface area contributed by atoms with Gasteiger partial charge in [-0.3, -0.25) is 0 Å². The molecule has 1 heterocycles. The van der Waals surface area contributed by atoms with E-state index in [4.69, 9.17) is 14.2 Å². The number of nitrogens with one attached hydrogen (secondary N) is 1. The first-order valence-corrected chi connectivity index (χ1v) is 9.54. The van der Waals surface area contributed by atoms with Crippen molar-refractivity contribution >= 4 is 12.0 Å². The molecule has 2 atom stereocenters.